The number of nitrogens with zero attached hydrogens (tertiary/aromatic N) is 2. The van der Waals surface area contributed by atoms with E-state index in [2.05, 4.69) is 18.0 Å². The summed E-state index contributed by atoms with van der Waals surface area (Å²) >= 11 is 0. The molecule has 3 heteroatoms. The molecule has 0 saturated heterocycles. The van der Waals surface area contributed by atoms with E-state index in [1.165, 1.54) is 12.8 Å². The molecule has 1 fully saturated rings. The molecule has 1 saturated carbocycles. The topological polar surface area (TPSA) is 45.9 Å². The molecule has 2 rings (SSSR count). The first kappa shape index (κ1) is 10.9. The van der Waals surface area contributed by atoms with Crippen molar-refractivity contribution < 1.29 is 4.74 Å². The normalized spacial score (nSPS) is 24.8. The van der Waals surface area contributed by atoms with Crippen molar-refractivity contribution in [3.8, 4) is 11.8 Å². The number of hydrogen-bond donors (Lipinski definition) is 0. The monoisotopic (exact) mass is 216 g/mol. The standard InChI is InChI=1S/C13H16N2O/c1-10-3-2-4-12(5-10)16-13-6-11(7-14)8-15-9-13/h6,8-10,12H,2-5H2,1H3/t10-,12-/m0/s1. The van der Waals surface area contributed by atoms with Crippen molar-refractivity contribution in [2.75, 3.05) is 0 Å². The average Bonchev–Trinajstić information content (AvgIpc) is 2.29. The lowest BCUT2D eigenvalue weighted by atomic mass is 9.89. The molecule has 0 unspecified atom stereocenters. The first-order valence-corrected chi connectivity index (χ1v) is 5.79. The second-order valence-corrected chi connectivity index (χ2v) is 4.53. The molecule has 16 heavy (non-hydrogen) atoms. The number of pyridine rings is 1. The van der Waals surface area contributed by atoms with Crippen LogP contribution in [0.5, 0.6) is 5.75 Å². The van der Waals surface area contributed by atoms with Crippen LogP contribution in [0, 0.1) is 17.2 Å². The third-order valence-corrected chi connectivity index (χ3v) is 3.03. The molecule has 3 nitrogen and oxygen atoms in total. The van der Waals surface area contributed by atoms with Crippen LogP contribution in [0.4, 0.5) is 0 Å². The van der Waals surface area contributed by atoms with Crippen LogP contribution in [0.25, 0.3) is 0 Å². The highest BCUT2D eigenvalue weighted by Crippen LogP contribution is 2.27. The van der Waals surface area contributed by atoms with Crippen LogP contribution in [0.15, 0.2) is 18.5 Å². The van der Waals surface area contributed by atoms with Gasteiger partial charge in [-0.25, -0.2) is 0 Å². The molecule has 0 amide bonds. The molecule has 0 aliphatic heterocycles. The molecular weight excluding hydrogens is 200 g/mol. The van der Waals surface area contributed by atoms with E-state index in [0.29, 0.717) is 11.7 Å². The van der Waals surface area contributed by atoms with E-state index in [1.807, 2.05) is 0 Å². The highest BCUT2D eigenvalue weighted by atomic mass is 16.5. The van der Waals surface area contributed by atoms with E-state index >= 15 is 0 Å². The van der Waals surface area contributed by atoms with Crippen molar-refractivity contribution in [2.24, 2.45) is 5.92 Å². The van der Waals surface area contributed by atoms with Gasteiger partial charge in [0.15, 0.2) is 0 Å². The maximum absolute atomic E-state index is 8.76. The summed E-state index contributed by atoms with van der Waals surface area (Å²) in [5, 5.41) is 8.76. The number of aromatic nitrogens is 1. The third-order valence-electron chi connectivity index (χ3n) is 3.03. The summed E-state index contributed by atoms with van der Waals surface area (Å²) in [5.41, 5.74) is 0.557. The number of rotatable bonds is 2. The van der Waals surface area contributed by atoms with Gasteiger partial charge in [-0.05, 0) is 25.2 Å². The van der Waals surface area contributed by atoms with Gasteiger partial charge in [-0.1, -0.05) is 13.3 Å². The van der Waals surface area contributed by atoms with E-state index < -0.39 is 0 Å². The smallest absolute Gasteiger partial charge is 0.139 e. The Kier molecular flexibility index (Phi) is 3.40. The second kappa shape index (κ2) is 4.98. The maximum atomic E-state index is 8.76. The Bertz CT molecular complexity index is 397. The van der Waals surface area contributed by atoms with Gasteiger partial charge >= 0.3 is 0 Å². The molecule has 0 aromatic carbocycles. The van der Waals surface area contributed by atoms with Crippen LogP contribution in [0.3, 0.4) is 0 Å². The first-order chi connectivity index (χ1) is 7.78. The molecule has 0 radical (unpaired) electrons. The molecule has 1 aromatic heterocycles. The number of hydrogen-bond acceptors (Lipinski definition) is 3. The molecular formula is C13H16N2O. The zero-order chi connectivity index (χ0) is 11.4. The van der Waals surface area contributed by atoms with E-state index in [1.54, 1.807) is 18.5 Å². The van der Waals surface area contributed by atoms with Crippen LogP contribution >= 0.6 is 0 Å². The minimum Gasteiger partial charge on any atom is -0.489 e. The molecule has 0 bridgehead atoms. The highest BCUT2D eigenvalue weighted by Gasteiger charge is 2.20. The predicted molar refractivity (Wildman–Crippen MR) is 61.0 cm³/mol. The average molecular weight is 216 g/mol. The van der Waals surface area contributed by atoms with Gasteiger partial charge in [-0.3, -0.25) is 4.98 Å². The zero-order valence-electron chi connectivity index (χ0n) is 9.52. The summed E-state index contributed by atoms with van der Waals surface area (Å²) in [5.74, 6) is 1.46. The first-order valence-electron chi connectivity index (χ1n) is 5.79. The molecule has 1 aromatic rings. The summed E-state index contributed by atoms with van der Waals surface area (Å²) in [6, 6.07) is 3.83. The lowest BCUT2D eigenvalue weighted by Crippen LogP contribution is -2.24. The largest absolute Gasteiger partial charge is 0.489 e. The van der Waals surface area contributed by atoms with E-state index in [0.717, 1.165) is 24.5 Å². The van der Waals surface area contributed by atoms with Crippen LogP contribution in [-0.4, -0.2) is 11.1 Å². The number of ether oxygens (including phenoxy) is 1. The second-order valence-electron chi connectivity index (χ2n) is 4.53. The minimum atomic E-state index is 0.291. The summed E-state index contributed by atoms with van der Waals surface area (Å²) in [6.45, 7) is 2.26. The van der Waals surface area contributed by atoms with E-state index in [-0.39, 0.29) is 0 Å². The predicted octanol–water partition coefficient (Wildman–Crippen LogP) is 2.91. The summed E-state index contributed by atoms with van der Waals surface area (Å²) in [7, 11) is 0. The van der Waals surface area contributed by atoms with Gasteiger partial charge in [-0.15, -0.1) is 0 Å². The lowest BCUT2D eigenvalue weighted by molar-refractivity contribution is 0.129. The Morgan fingerprint density at radius 2 is 2.31 bits per heavy atom. The van der Waals surface area contributed by atoms with Crippen molar-refractivity contribution in [1.82, 2.24) is 4.98 Å². The van der Waals surface area contributed by atoms with E-state index in [4.69, 9.17) is 10.00 Å². The van der Waals surface area contributed by atoms with Crippen molar-refractivity contribution in [1.29, 1.82) is 5.26 Å². The quantitative estimate of drug-likeness (QED) is 0.763. The molecule has 84 valence electrons. The Hall–Kier alpha value is -1.56. The summed E-state index contributed by atoms with van der Waals surface area (Å²) < 4.78 is 5.85. The lowest BCUT2D eigenvalue weighted by Gasteiger charge is -2.27. The van der Waals surface area contributed by atoms with Crippen molar-refractivity contribution >= 4 is 0 Å². The minimum absolute atomic E-state index is 0.291. The van der Waals surface area contributed by atoms with Gasteiger partial charge < -0.3 is 4.74 Å². The van der Waals surface area contributed by atoms with Crippen molar-refractivity contribution in [3.05, 3.63) is 24.0 Å². The van der Waals surface area contributed by atoms with Gasteiger partial charge in [0.05, 0.1) is 17.9 Å². The Morgan fingerprint density at radius 1 is 1.44 bits per heavy atom. The number of nitriles is 1. The van der Waals surface area contributed by atoms with Gasteiger partial charge in [0.1, 0.15) is 11.8 Å². The molecule has 2 atom stereocenters. The van der Waals surface area contributed by atoms with Crippen molar-refractivity contribution in [3.63, 3.8) is 0 Å². The zero-order valence-corrected chi connectivity index (χ0v) is 9.52. The summed E-state index contributed by atoms with van der Waals surface area (Å²) in [4.78, 5) is 3.99. The third kappa shape index (κ3) is 2.73. The van der Waals surface area contributed by atoms with Gasteiger partial charge in [-0.2, -0.15) is 5.26 Å². The Balaban J connectivity index is 2.00. The van der Waals surface area contributed by atoms with Crippen molar-refractivity contribution in [2.45, 2.75) is 38.7 Å². The molecule has 0 spiro atoms. The molecule has 1 aliphatic carbocycles. The fourth-order valence-corrected chi connectivity index (χ4v) is 2.22. The van der Waals surface area contributed by atoms with Gasteiger partial charge in [0.25, 0.3) is 0 Å². The molecule has 1 aliphatic rings. The van der Waals surface area contributed by atoms with E-state index in [9.17, 15) is 0 Å². The fraction of sp³-hybridized carbons (Fsp3) is 0.538. The molecule has 0 N–H and O–H groups in total. The summed E-state index contributed by atoms with van der Waals surface area (Å²) in [6.07, 6.45) is 8.28. The van der Waals surface area contributed by atoms with Crippen LogP contribution in [-0.2, 0) is 0 Å². The fourth-order valence-electron chi connectivity index (χ4n) is 2.22. The SMILES string of the molecule is C[C@H]1CCC[C@H](Oc2cncc(C#N)c2)C1. The van der Waals surface area contributed by atoms with Crippen LogP contribution in [0.2, 0.25) is 0 Å². The van der Waals surface area contributed by atoms with Crippen LogP contribution < -0.4 is 4.74 Å². The Labute approximate surface area is 96.1 Å². The maximum Gasteiger partial charge on any atom is 0.139 e. The molecule has 1 heterocycles. The van der Waals surface area contributed by atoms with Gasteiger partial charge in [0, 0.05) is 12.3 Å². The Morgan fingerprint density at radius 3 is 3.06 bits per heavy atom. The van der Waals surface area contributed by atoms with Gasteiger partial charge in [0.2, 0.25) is 0 Å². The highest BCUT2D eigenvalue weighted by molar-refractivity contribution is 5.32. The van der Waals surface area contributed by atoms with Crippen LogP contribution in [0.1, 0.15) is 38.2 Å².